The molecule has 7 nitrogen and oxygen atoms in total. The highest BCUT2D eigenvalue weighted by Gasteiger charge is 2.17. The molecule has 0 bridgehead atoms. The first-order valence-electron chi connectivity index (χ1n) is 4.31. The van der Waals surface area contributed by atoms with E-state index in [1.165, 1.54) is 24.9 Å². The summed E-state index contributed by atoms with van der Waals surface area (Å²) in [7, 11) is 0. The summed E-state index contributed by atoms with van der Waals surface area (Å²) in [4.78, 5) is 16.6. The van der Waals surface area contributed by atoms with Crippen molar-refractivity contribution in [2.24, 2.45) is 0 Å². The molecule has 84 valence electrons. The molecular formula is C8H8N4O3S. The fourth-order valence-electron chi connectivity index (χ4n) is 1.14. The van der Waals surface area contributed by atoms with E-state index in [0.717, 1.165) is 4.85 Å². The van der Waals surface area contributed by atoms with Crippen LogP contribution in [-0.4, -0.2) is 32.6 Å². The van der Waals surface area contributed by atoms with E-state index in [2.05, 4.69) is 15.5 Å². The van der Waals surface area contributed by atoms with Gasteiger partial charge in [-0.2, -0.15) is 0 Å². The van der Waals surface area contributed by atoms with E-state index in [1.54, 1.807) is 6.07 Å². The highest BCUT2D eigenvalue weighted by atomic mass is 32.2. The predicted molar refractivity (Wildman–Crippen MR) is 54.6 cm³/mol. The maximum absolute atomic E-state index is 10.8. The number of furan rings is 1. The molecule has 2 aromatic rings. The third kappa shape index (κ3) is 1.91. The molecule has 0 spiro atoms. The van der Waals surface area contributed by atoms with Gasteiger partial charge in [0, 0.05) is 6.92 Å². The molecule has 0 saturated carbocycles. The van der Waals surface area contributed by atoms with E-state index >= 15 is 0 Å². The Morgan fingerprint density at radius 2 is 2.44 bits per heavy atom. The topological polar surface area (TPSA) is 83.0 Å². The molecule has 16 heavy (non-hydrogen) atoms. The highest BCUT2D eigenvalue weighted by molar-refractivity contribution is 7.98. The largest absolute Gasteiger partial charge is 0.457 e. The molecule has 0 aliphatic rings. The van der Waals surface area contributed by atoms with Crippen molar-refractivity contribution in [3.8, 4) is 11.4 Å². The Labute approximate surface area is 94.7 Å². The van der Waals surface area contributed by atoms with Crippen molar-refractivity contribution in [1.29, 1.82) is 0 Å². The maximum atomic E-state index is 10.8. The Hall–Kier alpha value is -1.83. The van der Waals surface area contributed by atoms with Crippen LogP contribution in [0.4, 0.5) is 0 Å². The molecule has 0 atom stereocenters. The molecule has 0 N–H and O–H groups in total. The van der Waals surface area contributed by atoms with Crippen LogP contribution in [0.1, 0.15) is 6.92 Å². The maximum Gasteiger partial charge on any atom is 0.332 e. The van der Waals surface area contributed by atoms with Gasteiger partial charge in [-0.1, -0.05) is 11.8 Å². The average Bonchev–Trinajstić information content (AvgIpc) is 2.83. The quantitative estimate of drug-likeness (QED) is 0.574. The number of thioether (sulfide) groups is 1. The molecule has 0 fully saturated rings. The lowest BCUT2D eigenvalue weighted by molar-refractivity contribution is -0.143. The van der Waals surface area contributed by atoms with Crippen LogP contribution < -0.4 is 4.84 Å². The first-order valence-corrected chi connectivity index (χ1v) is 5.54. The van der Waals surface area contributed by atoms with Crippen molar-refractivity contribution in [2.45, 2.75) is 12.0 Å². The lowest BCUT2D eigenvalue weighted by atomic mass is 10.3. The summed E-state index contributed by atoms with van der Waals surface area (Å²) in [6.07, 6.45) is 3.39. The van der Waals surface area contributed by atoms with Crippen LogP contribution in [0, 0.1) is 0 Å². The van der Waals surface area contributed by atoms with Gasteiger partial charge in [-0.15, -0.1) is 5.10 Å². The Balaban J connectivity index is 2.40. The van der Waals surface area contributed by atoms with Crippen LogP contribution in [0.25, 0.3) is 11.4 Å². The van der Waals surface area contributed by atoms with Crippen LogP contribution in [-0.2, 0) is 4.79 Å². The molecule has 2 aromatic heterocycles. The number of hydrogen-bond donors (Lipinski definition) is 0. The Kier molecular flexibility index (Phi) is 2.91. The lowest BCUT2D eigenvalue weighted by Crippen LogP contribution is -2.19. The fourth-order valence-corrected chi connectivity index (χ4v) is 1.67. The second-order valence-corrected chi connectivity index (χ2v) is 3.56. The number of nitrogens with zero attached hydrogens (tertiary/aromatic N) is 4. The third-order valence-electron chi connectivity index (χ3n) is 1.71. The standard InChI is InChI=1S/C8H8N4O3S/c1-5(13)15-12-7(9-10-11-12)6-3-4-14-8(6)16-2/h3-4H,1-2H3. The van der Waals surface area contributed by atoms with Crippen molar-refractivity contribution in [1.82, 2.24) is 20.4 Å². The smallest absolute Gasteiger partial charge is 0.332 e. The first kappa shape index (κ1) is 10.7. The highest BCUT2D eigenvalue weighted by Crippen LogP contribution is 2.28. The van der Waals surface area contributed by atoms with Gasteiger partial charge in [-0.25, -0.2) is 4.79 Å². The summed E-state index contributed by atoms with van der Waals surface area (Å²) >= 11 is 1.41. The van der Waals surface area contributed by atoms with Gasteiger partial charge in [0.1, 0.15) is 0 Å². The van der Waals surface area contributed by atoms with Crippen LogP contribution in [0.5, 0.6) is 0 Å². The van der Waals surface area contributed by atoms with Crippen molar-refractivity contribution < 1.29 is 14.0 Å². The number of aromatic nitrogens is 4. The molecule has 0 radical (unpaired) electrons. The van der Waals surface area contributed by atoms with E-state index in [9.17, 15) is 4.79 Å². The van der Waals surface area contributed by atoms with E-state index in [4.69, 9.17) is 9.25 Å². The molecule has 0 unspecified atom stereocenters. The molecule has 0 saturated heterocycles. The zero-order chi connectivity index (χ0) is 11.5. The number of carbonyl (C=O) groups is 1. The summed E-state index contributed by atoms with van der Waals surface area (Å²) < 4.78 is 5.21. The summed E-state index contributed by atoms with van der Waals surface area (Å²) in [6.45, 7) is 1.27. The van der Waals surface area contributed by atoms with Crippen LogP contribution >= 0.6 is 11.8 Å². The lowest BCUT2D eigenvalue weighted by Gasteiger charge is -2.01. The third-order valence-corrected chi connectivity index (χ3v) is 2.40. The van der Waals surface area contributed by atoms with E-state index in [-0.39, 0.29) is 0 Å². The molecule has 2 rings (SSSR count). The van der Waals surface area contributed by atoms with Crippen molar-refractivity contribution in [3.63, 3.8) is 0 Å². The molecular weight excluding hydrogens is 232 g/mol. The zero-order valence-electron chi connectivity index (χ0n) is 8.58. The molecule has 0 aromatic carbocycles. The monoisotopic (exact) mass is 240 g/mol. The van der Waals surface area contributed by atoms with Gasteiger partial charge >= 0.3 is 5.97 Å². The van der Waals surface area contributed by atoms with Crippen LogP contribution in [0.2, 0.25) is 0 Å². The number of carbonyl (C=O) groups excluding carboxylic acids is 1. The molecule has 0 amide bonds. The number of hydrogen-bond acceptors (Lipinski definition) is 7. The fraction of sp³-hybridized carbons (Fsp3) is 0.250. The first-order chi connectivity index (χ1) is 7.72. The normalized spacial score (nSPS) is 10.4. The molecule has 2 heterocycles. The number of rotatable bonds is 3. The zero-order valence-corrected chi connectivity index (χ0v) is 9.39. The van der Waals surface area contributed by atoms with E-state index < -0.39 is 5.97 Å². The SMILES string of the molecule is CSc1occc1-c1nnnn1OC(C)=O. The van der Waals surface area contributed by atoms with Gasteiger partial charge in [-0.3, -0.25) is 0 Å². The minimum atomic E-state index is -0.497. The van der Waals surface area contributed by atoms with Crippen LogP contribution in [0.15, 0.2) is 21.8 Å². The second kappa shape index (κ2) is 4.35. The second-order valence-electron chi connectivity index (χ2n) is 2.78. The van der Waals surface area contributed by atoms with Crippen molar-refractivity contribution in [3.05, 3.63) is 12.3 Å². The Morgan fingerprint density at radius 1 is 1.62 bits per heavy atom. The van der Waals surface area contributed by atoms with Crippen LogP contribution in [0.3, 0.4) is 0 Å². The van der Waals surface area contributed by atoms with Crippen molar-refractivity contribution >= 4 is 17.7 Å². The molecule has 0 aliphatic heterocycles. The molecule has 0 aliphatic carbocycles. The van der Waals surface area contributed by atoms with Crippen molar-refractivity contribution in [2.75, 3.05) is 6.26 Å². The summed E-state index contributed by atoms with van der Waals surface area (Å²) in [5, 5.41) is 11.4. The Morgan fingerprint density at radius 3 is 3.12 bits per heavy atom. The average molecular weight is 240 g/mol. The molecule has 8 heteroatoms. The summed E-state index contributed by atoms with van der Waals surface area (Å²) in [6, 6.07) is 1.71. The summed E-state index contributed by atoms with van der Waals surface area (Å²) in [5.41, 5.74) is 0.679. The number of tetrazole rings is 1. The minimum Gasteiger partial charge on any atom is -0.457 e. The Bertz CT molecular complexity index is 507. The van der Waals surface area contributed by atoms with Gasteiger partial charge in [0.2, 0.25) is 5.82 Å². The van der Waals surface area contributed by atoms with Gasteiger partial charge < -0.3 is 9.25 Å². The van der Waals surface area contributed by atoms with Gasteiger partial charge in [-0.05, 0) is 27.6 Å². The minimum absolute atomic E-state index is 0.327. The summed E-state index contributed by atoms with van der Waals surface area (Å²) in [5.74, 6) is -0.170. The predicted octanol–water partition coefficient (Wildman–Crippen LogP) is 0.630. The van der Waals surface area contributed by atoms with Gasteiger partial charge in [0.15, 0.2) is 5.09 Å². The van der Waals surface area contributed by atoms with E-state index in [1.807, 2.05) is 6.26 Å². The van der Waals surface area contributed by atoms with Gasteiger partial charge in [0.05, 0.1) is 11.8 Å². The van der Waals surface area contributed by atoms with Gasteiger partial charge in [0.25, 0.3) is 0 Å². The van der Waals surface area contributed by atoms with E-state index in [0.29, 0.717) is 16.5 Å².